The van der Waals surface area contributed by atoms with Gasteiger partial charge in [-0.25, -0.2) is 14.6 Å². The zero-order valence-corrected chi connectivity index (χ0v) is 8.69. The van der Waals surface area contributed by atoms with Crippen LogP contribution in [0.5, 0.6) is 0 Å². The maximum atomic E-state index is 5.72. The van der Waals surface area contributed by atoms with Crippen molar-refractivity contribution in [1.29, 1.82) is 0 Å². The average molecular weight is 228 g/mol. The van der Waals surface area contributed by atoms with Crippen LogP contribution in [0.25, 0.3) is 17.4 Å². The molecule has 7 heteroatoms. The molecule has 3 rings (SSSR count). The fourth-order valence-corrected chi connectivity index (χ4v) is 1.42. The molecule has 0 bridgehead atoms. The van der Waals surface area contributed by atoms with Crippen LogP contribution in [0, 0.1) is 0 Å². The van der Waals surface area contributed by atoms with Crippen molar-refractivity contribution in [2.45, 2.75) is 0 Å². The predicted octanol–water partition coefficient (Wildman–Crippen LogP) is 0.899. The van der Waals surface area contributed by atoms with Gasteiger partial charge in [-0.1, -0.05) is 5.21 Å². The zero-order chi connectivity index (χ0) is 11.7. The summed E-state index contributed by atoms with van der Waals surface area (Å²) in [5.41, 5.74) is 5.72. The van der Waals surface area contributed by atoms with E-state index in [1.54, 1.807) is 36.9 Å². The first-order chi connectivity index (χ1) is 8.33. The van der Waals surface area contributed by atoms with Crippen LogP contribution in [0.15, 0.2) is 41.3 Å². The molecule has 3 heterocycles. The molecule has 2 N–H and O–H groups in total. The molecule has 0 saturated carbocycles. The highest BCUT2D eigenvalue weighted by molar-refractivity contribution is 5.52. The van der Waals surface area contributed by atoms with Crippen molar-refractivity contribution in [2.24, 2.45) is 0 Å². The first-order valence-corrected chi connectivity index (χ1v) is 4.88. The highest BCUT2D eigenvalue weighted by atomic mass is 16.3. The van der Waals surface area contributed by atoms with Crippen LogP contribution in [0.1, 0.15) is 0 Å². The Hall–Kier alpha value is -2.70. The minimum Gasteiger partial charge on any atom is -0.461 e. The number of rotatable bonds is 2. The minimum atomic E-state index is 0.344. The van der Waals surface area contributed by atoms with Crippen LogP contribution < -0.4 is 5.73 Å². The van der Waals surface area contributed by atoms with Gasteiger partial charge in [-0.15, -0.1) is 5.10 Å². The van der Waals surface area contributed by atoms with E-state index in [9.17, 15) is 0 Å². The molecule has 3 aromatic heterocycles. The summed E-state index contributed by atoms with van der Waals surface area (Å²) in [5, 5.41) is 7.55. The molecular weight excluding hydrogens is 220 g/mol. The molecule has 17 heavy (non-hydrogen) atoms. The van der Waals surface area contributed by atoms with Crippen molar-refractivity contribution in [3.05, 3.63) is 36.9 Å². The van der Waals surface area contributed by atoms with E-state index in [4.69, 9.17) is 10.2 Å². The summed E-state index contributed by atoms with van der Waals surface area (Å²) in [6.45, 7) is 0. The van der Waals surface area contributed by atoms with E-state index in [0.29, 0.717) is 23.2 Å². The van der Waals surface area contributed by atoms with Crippen LogP contribution in [0.2, 0.25) is 0 Å². The predicted molar refractivity (Wildman–Crippen MR) is 59.1 cm³/mol. The fraction of sp³-hybridized carbons (Fsp3) is 0. The lowest BCUT2D eigenvalue weighted by molar-refractivity contribution is 0.577. The SMILES string of the molecule is Nc1cc(-n2ccnn2)nc(-c2ccco2)n1. The summed E-state index contributed by atoms with van der Waals surface area (Å²) >= 11 is 0. The Kier molecular flexibility index (Phi) is 2.08. The number of nitrogens with two attached hydrogens (primary N) is 1. The van der Waals surface area contributed by atoms with Gasteiger partial charge in [-0.05, 0) is 12.1 Å². The number of hydrogen-bond acceptors (Lipinski definition) is 6. The van der Waals surface area contributed by atoms with E-state index in [1.807, 2.05) is 0 Å². The Labute approximate surface area is 95.9 Å². The molecule has 3 aromatic rings. The number of aromatic nitrogens is 5. The van der Waals surface area contributed by atoms with Crippen LogP contribution in [-0.2, 0) is 0 Å². The summed E-state index contributed by atoms with van der Waals surface area (Å²) in [5.74, 6) is 1.86. The van der Waals surface area contributed by atoms with Crippen LogP contribution in [0.3, 0.4) is 0 Å². The molecule has 0 aliphatic rings. The normalized spacial score (nSPS) is 10.6. The van der Waals surface area contributed by atoms with E-state index < -0.39 is 0 Å². The number of nitrogen functional groups attached to an aromatic ring is 1. The van der Waals surface area contributed by atoms with Gasteiger partial charge in [0.1, 0.15) is 5.82 Å². The van der Waals surface area contributed by atoms with Crippen molar-refractivity contribution in [1.82, 2.24) is 25.0 Å². The number of hydrogen-bond donors (Lipinski definition) is 1. The summed E-state index contributed by atoms with van der Waals surface area (Å²) in [6, 6.07) is 5.14. The Morgan fingerprint density at radius 2 is 2.24 bits per heavy atom. The first-order valence-electron chi connectivity index (χ1n) is 4.88. The van der Waals surface area contributed by atoms with Gasteiger partial charge >= 0.3 is 0 Å². The third-order valence-corrected chi connectivity index (χ3v) is 2.13. The lowest BCUT2D eigenvalue weighted by atomic mass is 10.4. The summed E-state index contributed by atoms with van der Waals surface area (Å²) in [7, 11) is 0. The number of furan rings is 1. The molecule has 0 atom stereocenters. The Bertz CT molecular complexity index is 564. The molecule has 0 aliphatic heterocycles. The molecule has 0 spiro atoms. The molecule has 0 aliphatic carbocycles. The van der Waals surface area contributed by atoms with Gasteiger partial charge in [0.05, 0.1) is 18.7 Å². The molecular formula is C10H8N6O. The summed E-state index contributed by atoms with van der Waals surface area (Å²) in [6.07, 6.45) is 4.79. The standard InChI is InChI=1S/C10H8N6O/c11-8-6-9(16-4-3-12-15-16)14-10(13-8)7-2-1-5-17-7/h1-6H,(H2,11,13,14). The van der Waals surface area contributed by atoms with Crippen molar-refractivity contribution in [2.75, 3.05) is 5.73 Å². The molecule has 7 nitrogen and oxygen atoms in total. The summed E-state index contributed by atoms with van der Waals surface area (Å²) in [4.78, 5) is 8.39. The average Bonchev–Trinajstić information content (AvgIpc) is 3.02. The summed E-state index contributed by atoms with van der Waals surface area (Å²) < 4.78 is 6.73. The van der Waals surface area contributed by atoms with E-state index >= 15 is 0 Å². The molecule has 0 saturated heterocycles. The van der Waals surface area contributed by atoms with E-state index in [1.165, 1.54) is 4.68 Å². The molecule has 0 fully saturated rings. The zero-order valence-electron chi connectivity index (χ0n) is 8.69. The van der Waals surface area contributed by atoms with Gasteiger partial charge in [0.25, 0.3) is 0 Å². The second-order valence-corrected chi connectivity index (χ2v) is 3.30. The first kappa shape index (κ1) is 9.52. The van der Waals surface area contributed by atoms with E-state index in [2.05, 4.69) is 20.3 Å². The molecule has 0 aromatic carbocycles. The monoisotopic (exact) mass is 228 g/mol. The Morgan fingerprint density at radius 1 is 1.29 bits per heavy atom. The van der Waals surface area contributed by atoms with Gasteiger partial charge in [0, 0.05) is 6.07 Å². The quantitative estimate of drug-likeness (QED) is 0.700. The second kappa shape index (κ2) is 3.71. The van der Waals surface area contributed by atoms with Gasteiger partial charge < -0.3 is 10.2 Å². The van der Waals surface area contributed by atoms with Crippen molar-refractivity contribution >= 4 is 5.82 Å². The van der Waals surface area contributed by atoms with E-state index in [0.717, 1.165) is 0 Å². The largest absolute Gasteiger partial charge is 0.461 e. The van der Waals surface area contributed by atoms with Gasteiger partial charge in [0.2, 0.25) is 0 Å². The van der Waals surface area contributed by atoms with Crippen LogP contribution in [-0.4, -0.2) is 25.0 Å². The van der Waals surface area contributed by atoms with E-state index in [-0.39, 0.29) is 0 Å². The van der Waals surface area contributed by atoms with Gasteiger partial charge in [-0.2, -0.15) is 0 Å². The van der Waals surface area contributed by atoms with Crippen molar-refractivity contribution in [3.63, 3.8) is 0 Å². The Balaban J connectivity index is 2.13. The number of nitrogens with zero attached hydrogens (tertiary/aromatic N) is 5. The van der Waals surface area contributed by atoms with Crippen LogP contribution in [0.4, 0.5) is 5.82 Å². The minimum absolute atomic E-state index is 0.344. The third-order valence-electron chi connectivity index (χ3n) is 2.13. The lowest BCUT2D eigenvalue weighted by Crippen LogP contribution is -2.03. The topological polar surface area (TPSA) is 95.7 Å². The smallest absolute Gasteiger partial charge is 0.199 e. The van der Waals surface area contributed by atoms with Gasteiger partial charge in [-0.3, -0.25) is 0 Å². The van der Waals surface area contributed by atoms with Gasteiger partial charge in [0.15, 0.2) is 17.4 Å². The molecule has 0 unspecified atom stereocenters. The second-order valence-electron chi connectivity index (χ2n) is 3.30. The molecule has 0 radical (unpaired) electrons. The fourth-order valence-electron chi connectivity index (χ4n) is 1.42. The maximum Gasteiger partial charge on any atom is 0.199 e. The highest BCUT2D eigenvalue weighted by Gasteiger charge is 2.09. The van der Waals surface area contributed by atoms with Crippen LogP contribution >= 0.6 is 0 Å². The van der Waals surface area contributed by atoms with Crippen molar-refractivity contribution in [3.8, 4) is 17.4 Å². The highest BCUT2D eigenvalue weighted by Crippen LogP contribution is 2.18. The molecule has 84 valence electrons. The maximum absolute atomic E-state index is 5.72. The third kappa shape index (κ3) is 1.73. The molecule has 0 amide bonds. The van der Waals surface area contributed by atoms with Crippen molar-refractivity contribution < 1.29 is 4.42 Å². The lowest BCUT2D eigenvalue weighted by Gasteiger charge is -2.02. The number of anilines is 1. The Morgan fingerprint density at radius 3 is 2.94 bits per heavy atom.